The minimum absolute atomic E-state index is 0.0105. The standard InChI is InChI=1S/C15H15F3N2O2S/c1-8-11(9(2)22-20-8)6-15(21)19-12-5-10(16)3-4-13(12)23-7-14(17)18/h3-5,14H,6-7H2,1-2H3,(H,19,21). The van der Waals surface area contributed by atoms with E-state index >= 15 is 0 Å². The Bertz CT molecular complexity index is 685. The van der Waals surface area contributed by atoms with Crippen LogP contribution in [0.4, 0.5) is 18.9 Å². The average molecular weight is 344 g/mol. The number of benzene rings is 1. The summed E-state index contributed by atoms with van der Waals surface area (Å²) < 4.78 is 43.0. The maximum Gasteiger partial charge on any atom is 0.247 e. The second kappa shape index (κ2) is 7.54. The molecule has 0 aliphatic rings. The van der Waals surface area contributed by atoms with Gasteiger partial charge in [0.2, 0.25) is 12.3 Å². The normalized spacial score (nSPS) is 11.0. The van der Waals surface area contributed by atoms with Gasteiger partial charge in [-0.3, -0.25) is 4.79 Å². The number of halogens is 3. The highest BCUT2D eigenvalue weighted by molar-refractivity contribution is 7.99. The van der Waals surface area contributed by atoms with Crippen molar-refractivity contribution < 1.29 is 22.5 Å². The second-order valence-corrected chi connectivity index (χ2v) is 5.93. The maximum absolute atomic E-state index is 13.4. The van der Waals surface area contributed by atoms with Crippen LogP contribution < -0.4 is 5.32 Å². The van der Waals surface area contributed by atoms with Gasteiger partial charge in [-0.15, -0.1) is 11.8 Å². The van der Waals surface area contributed by atoms with Crippen molar-refractivity contribution in [2.45, 2.75) is 31.6 Å². The number of carbonyl (C=O) groups excluding carboxylic acids is 1. The monoisotopic (exact) mass is 344 g/mol. The molecule has 0 aliphatic heterocycles. The van der Waals surface area contributed by atoms with Crippen LogP contribution in [-0.2, 0) is 11.2 Å². The van der Waals surface area contributed by atoms with Gasteiger partial charge in [0.25, 0.3) is 0 Å². The fourth-order valence-electron chi connectivity index (χ4n) is 1.99. The van der Waals surface area contributed by atoms with Gasteiger partial charge in [0.05, 0.1) is 23.6 Å². The summed E-state index contributed by atoms with van der Waals surface area (Å²) in [7, 11) is 0. The van der Waals surface area contributed by atoms with Gasteiger partial charge in [-0.2, -0.15) is 0 Å². The molecule has 4 nitrogen and oxygen atoms in total. The van der Waals surface area contributed by atoms with Gasteiger partial charge in [0, 0.05) is 10.5 Å². The number of thioether (sulfide) groups is 1. The number of aromatic nitrogens is 1. The molecule has 1 amide bonds. The molecule has 0 fully saturated rings. The zero-order chi connectivity index (χ0) is 17.0. The lowest BCUT2D eigenvalue weighted by Gasteiger charge is -2.11. The highest BCUT2D eigenvalue weighted by atomic mass is 32.2. The number of nitrogens with one attached hydrogen (secondary N) is 1. The predicted molar refractivity (Wildman–Crippen MR) is 81.4 cm³/mol. The number of rotatable bonds is 6. The first kappa shape index (κ1) is 17.4. The van der Waals surface area contributed by atoms with Crippen LogP contribution in [0.1, 0.15) is 17.0 Å². The number of carbonyl (C=O) groups is 1. The van der Waals surface area contributed by atoms with Gasteiger partial charge in [-0.1, -0.05) is 5.16 Å². The summed E-state index contributed by atoms with van der Waals surface area (Å²) in [4.78, 5) is 12.5. The van der Waals surface area contributed by atoms with Gasteiger partial charge in [0.1, 0.15) is 11.6 Å². The highest BCUT2D eigenvalue weighted by Crippen LogP contribution is 2.29. The van der Waals surface area contributed by atoms with E-state index in [2.05, 4.69) is 10.5 Å². The lowest BCUT2D eigenvalue weighted by molar-refractivity contribution is -0.115. The molecule has 0 aliphatic carbocycles. The van der Waals surface area contributed by atoms with E-state index in [1.165, 1.54) is 6.07 Å². The number of nitrogens with zero attached hydrogens (tertiary/aromatic N) is 1. The lowest BCUT2D eigenvalue weighted by Crippen LogP contribution is -2.16. The SMILES string of the molecule is Cc1noc(C)c1CC(=O)Nc1cc(F)ccc1SCC(F)F. The molecule has 1 aromatic carbocycles. The minimum atomic E-state index is -2.49. The first-order chi connectivity index (χ1) is 10.9. The smallest absolute Gasteiger partial charge is 0.247 e. The van der Waals surface area contributed by atoms with Crippen LogP contribution in [-0.4, -0.2) is 23.2 Å². The van der Waals surface area contributed by atoms with Crippen molar-refractivity contribution in [1.29, 1.82) is 0 Å². The Morgan fingerprint density at radius 2 is 2.13 bits per heavy atom. The minimum Gasteiger partial charge on any atom is -0.361 e. The number of anilines is 1. The zero-order valence-corrected chi connectivity index (χ0v) is 13.3. The summed E-state index contributed by atoms with van der Waals surface area (Å²) in [5.41, 5.74) is 1.43. The van der Waals surface area contributed by atoms with Crippen LogP contribution in [0, 0.1) is 19.7 Å². The van der Waals surface area contributed by atoms with Crippen molar-refractivity contribution in [2.24, 2.45) is 0 Å². The van der Waals surface area contributed by atoms with Crippen LogP contribution in [0.5, 0.6) is 0 Å². The molecule has 0 radical (unpaired) electrons. The largest absolute Gasteiger partial charge is 0.361 e. The molecule has 0 saturated heterocycles. The first-order valence-electron chi connectivity index (χ1n) is 6.79. The number of alkyl halides is 2. The molecule has 0 saturated carbocycles. The van der Waals surface area contributed by atoms with Crippen molar-refractivity contribution >= 4 is 23.4 Å². The van der Waals surface area contributed by atoms with Crippen molar-refractivity contribution in [3.63, 3.8) is 0 Å². The molecule has 1 N–H and O–H groups in total. The van der Waals surface area contributed by atoms with E-state index in [0.29, 0.717) is 21.9 Å². The molecule has 0 bridgehead atoms. The summed E-state index contributed by atoms with van der Waals surface area (Å²) in [5, 5.41) is 6.31. The Kier molecular flexibility index (Phi) is 5.70. The summed E-state index contributed by atoms with van der Waals surface area (Å²) in [6.07, 6.45) is -2.48. The van der Waals surface area contributed by atoms with E-state index in [4.69, 9.17) is 4.52 Å². The Morgan fingerprint density at radius 3 is 2.74 bits per heavy atom. The summed E-state index contributed by atoms with van der Waals surface area (Å²) in [6, 6.07) is 3.64. The third-order valence-corrected chi connectivity index (χ3v) is 4.18. The fraction of sp³-hybridized carbons (Fsp3) is 0.333. The molecule has 0 unspecified atom stereocenters. The molecular formula is C15H15F3N2O2S. The molecule has 1 heterocycles. The predicted octanol–water partition coefficient (Wildman–Crippen LogP) is 3.97. The molecule has 2 rings (SSSR count). The van der Waals surface area contributed by atoms with E-state index in [0.717, 1.165) is 23.9 Å². The van der Waals surface area contributed by atoms with E-state index in [1.807, 2.05) is 0 Å². The molecule has 8 heteroatoms. The summed E-state index contributed by atoms with van der Waals surface area (Å²) in [6.45, 7) is 3.40. The molecule has 124 valence electrons. The quantitative estimate of drug-likeness (QED) is 0.806. The number of hydrogen-bond donors (Lipinski definition) is 1. The van der Waals surface area contributed by atoms with Crippen molar-refractivity contribution in [3.8, 4) is 0 Å². The van der Waals surface area contributed by atoms with Gasteiger partial charge < -0.3 is 9.84 Å². The van der Waals surface area contributed by atoms with Crippen LogP contribution in [0.25, 0.3) is 0 Å². The van der Waals surface area contributed by atoms with Gasteiger partial charge in [-0.25, -0.2) is 13.2 Å². The Labute approximate surface area is 135 Å². The maximum atomic E-state index is 13.4. The van der Waals surface area contributed by atoms with E-state index in [-0.39, 0.29) is 12.1 Å². The van der Waals surface area contributed by atoms with Crippen LogP contribution in [0.2, 0.25) is 0 Å². The third-order valence-electron chi connectivity index (χ3n) is 3.10. The topological polar surface area (TPSA) is 55.1 Å². The van der Waals surface area contributed by atoms with E-state index < -0.39 is 23.9 Å². The van der Waals surface area contributed by atoms with E-state index in [9.17, 15) is 18.0 Å². The fourth-order valence-corrected chi connectivity index (χ4v) is 2.72. The third kappa shape index (κ3) is 4.75. The Hall–Kier alpha value is -1.96. The summed E-state index contributed by atoms with van der Waals surface area (Å²) in [5.74, 6) is -0.856. The molecule has 0 spiro atoms. The molecule has 0 atom stereocenters. The van der Waals surface area contributed by atoms with Gasteiger partial charge in [-0.05, 0) is 32.0 Å². The highest BCUT2D eigenvalue weighted by Gasteiger charge is 2.16. The summed E-state index contributed by atoms with van der Waals surface area (Å²) >= 11 is 0.858. The van der Waals surface area contributed by atoms with Crippen molar-refractivity contribution in [3.05, 3.63) is 41.0 Å². The van der Waals surface area contributed by atoms with Crippen molar-refractivity contribution in [1.82, 2.24) is 5.16 Å². The van der Waals surface area contributed by atoms with Gasteiger partial charge >= 0.3 is 0 Å². The first-order valence-corrected chi connectivity index (χ1v) is 7.77. The van der Waals surface area contributed by atoms with Crippen LogP contribution in [0.3, 0.4) is 0 Å². The molecule has 23 heavy (non-hydrogen) atoms. The Morgan fingerprint density at radius 1 is 1.39 bits per heavy atom. The number of amides is 1. The Balaban J connectivity index is 2.12. The van der Waals surface area contributed by atoms with Gasteiger partial charge in [0.15, 0.2) is 0 Å². The van der Waals surface area contributed by atoms with E-state index in [1.54, 1.807) is 13.8 Å². The molecule has 2 aromatic rings. The van der Waals surface area contributed by atoms with Crippen LogP contribution >= 0.6 is 11.8 Å². The number of hydrogen-bond acceptors (Lipinski definition) is 4. The van der Waals surface area contributed by atoms with Crippen LogP contribution in [0.15, 0.2) is 27.6 Å². The average Bonchev–Trinajstić information content (AvgIpc) is 2.78. The lowest BCUT2D eigenvalue weighted by atomic mass is 10.1. The number of aryl methyl sites for hydroxylation is 2. The zero-order valence-electron chi connectivity index (χ0n) is 12.5. The molecule has 1 aromatic heterocycles. The van der Waals surface area contributed by atoms with Crippen molar-refractivity contribution in [2.75, 3.05) is 11.1 Å². The second-order valence-electron chi connectivity index (χ2n) is 4.87. The molecular weight excluding hydrogens is 329 g/mol.